The van der Waals surface area contributed by atoms with Crippen molar-refractivity contribution >= 4 is 35.5 Å². The van der Waals surface area contributed by atoms with Gasteiger partial charge in [-0.3, -0.25) is 9.59 Å². The smallest absolute Gasteiger partial charge is 0.341 e. The molecule has 0 radical (unpaired) electrons. The van der Waals surface area contributed by atoms with Crippen molar-refractivity contribution in [2.24, 2.45) is 0 Å². The Morgan fingerprint density at radius 3 is 2.81 bits per heavy atom. The number of hydrogen-bond acceptors (Lipinski definition) is 6. The summed E-state index contributed by atoms with van der Waals surface area (Å²) in [6, 6.07) is 6.78. The molecule has 3 atom stereocenters. The minimum absolute atomic E-state index is 0.0192. The van der Waals surface area contributed by atoms with Gasteiger partial charge in [-0.05, 0) is 31.4 Å². The molecule has 3 amide bonds. The monoisotopic (exact) mass is 463 g/mol. The van der Waals surface area contributed by atoms with Gasteiger partial charge in [0, 0.05) is 36.0 Å². The van der Waals surface area contributed by atoms with Crippen LogP contribution in [0.4, 0.5) is 4.79 Å². The van der Waals surface area contributed by atoms with Gasteiger partial charge in [-0.15, -0.1) is 0 Å². The van der Waals surface area contributed by atoms with Gasteiger partial charge in [0.15, 0.2) is 12.4 Å². The zero-order chi connectivity index (χ0) is 22.9. The Morgan fingerprint density at radius 2 is 2.00 bits per heavy atom. The molecule has 0 bridgehead atoms. The summed E-state index contributed by atoms with van der Waals surface area (Å²) in [5.41, 5.74) is 0.458. The average Bonchev–Trinajstić information content (AvgIpc) is 3.32. The van der Waals surface area contributed by atoms with Crippen LogP contribution < -0.4 is 20.7 Å². The molecule has 9 nitrogen and oxygen atoms in total. The first-order valence-electron chi connectivity index (χ1n) is 10.9. The van der Waals surface area contributed by atoms with Crippen LogP contribution >= 0.6 is 11.8 Å². The number of rotatable bonds is 13. The minimum atomic E-state index is -1.08. The number of ketones is 1. The number of benzene rings is 1. The van der Waals surface area contributed by atoms with Crippen molar-refractivity contribution < 1.29 is 29.0 Å². The molecule has 0 aromatic heterocycles. The Balaban J connectivity index is 1.25. The number of carboxylic acids is 1. The molecule has 4 N–H and O–H groups in total. The zero-order valence-electron chi connectivity index (χ0n) is 17.8. The van der Waals surface area contributed by atoms with Gasteiger partial charge >= 0.3 is 12.0 Å². The van der Waals surface area contributed by atoms with Gasteiger partial charge in [0.05, 0.1) is 12.1 Å². The van der Waals surface area contributed by atoms with Gasteiger partial charge in [0.25, 0.3) is 0 Å². The average molecular weight is 464 g/mol. The third kappa shape index (κ3) is 7.15. The molecule has 10 heteroatoms. The number of urea groups is 1. The van der Waals surface area contributed by atoms with E-state index >= 15 is 0 Å². The number of aliphatic carboxylic acids is 1. The minimum Gasteiger partial charge on any atom is -0.482 e. The van der Waals surface area contributed by atoms with Crippen molar-refractivity contribution in [3.8, 4) is 5.75 Å². The fourth-order valence-corrected chi connectivity index (χ4v) is 5.43. The van der Waals surface area contributed by atoms with Crippen LogP contribution in [0.15, 0.2) is 24.3 Å². The van der Waals surface area contributed by atoms with Gasteiger partial charge in [-0.25, -0.2) is 9.59 Å². The Bertz CT molecular complexity index is 849. The van der Waals surface area contributed by atoms with Crippen LogP contribution in [0.5, 0.6) is 5.75 Å². The maximum atomic E-state index is 12.3. The van der Waals surface area contributed by atoms with E-state index in [-0.39, 0.29) is 36.2 Å². The fourth-order valence-electron chi connectivity index (χ4n) is 3.89. The number of carboxylic acid groups (broad SMARTS) is 1. The lowest BCUT2D eigenvalue weighted by atomic mass is 10.0. The second kappa shape index (κ2) is 11.8. The van der Waals surface area contributed by atoms with Crippen molar-refractivity contribution in [2.45, 2.75) is 55.9 Å². The van der Waals surface area contributed by atoms with Crippen LogP contribution in [0, 0.1) is 0 Å². The lowest BCUT2D eigenvalue weighted by Crippen LogP contribution is -2.36. The predicted octanol–water partition coefficient (Wildman–Crippen LogP) is 1.95. The van der Waals surface area contributed by atoms with Gasteiger partial charge < -0.3 is 25.8 Å². The van der Waals surface area contributed by atoms with E-state index in [4.69, 9.17) is 9.84 Å². The molecular formula is C22H29N3O6S. The second-order valence-electron chi connectivity index (χ2n) is 7.95. The van der Waals surface area contributed by atoms with Crippen molar-refractivity contribution in [1.82, 2.24) is 16.0 Å². The number of nitrogens with one attached hydrogen (secondary N) is 3. The summed E-state index contributed by atoms with van der Waals surface area (Å²) >= 11 is 1.87. The number of Topliss-reactive ketones (excluding diaryl/α,β-unsaturated/α-hetero) is 1. The summed E-state index contributed by atoms with van der Waals surface area (Å²) in [7, 11) is 0. The van der Waals surface area contributed by atoms with Crippen molar-refractivity contribution in [3.05, 3.63) is 29.8 Å². The van der Waals surface area contributed by atoms with Crippen LogP contribution in [-0.4, -0.2) is 65.0 Å². The first-order valence-corrected chi connectivity index (χ1v) is 11.9. The summed E-state index contributed by atoms with van der Waals surface area (Å²) < 4.78 is 5.09. The molecular weight excluding hydrogens is 434 g/mol. The van der Waals surface area contributed by atoms with E-state index in [1.807, 2.05) is 11.8 Å². The standard InChI is InChI=1S/C22H29N3O6S/c26-17(14-5-3-6-15(11-14)31-12-20(28)29)7-4-10-23-19(27)9-2-1-8-18-21-16(13-32-18)24-22(30)25-21/h3,5-6,11,16,18,21H,1-2,4,7-10,12-13H2,(H,23,27)(H,28,29)(H2,24,25,30)/t16-,18-,21-/m0/s1. The molecule has 174 valence electrons. The molecule has 2 aliphatic rings. The summed E-state index contributed by atoms with van der Waals surface area (Å²) in [4.78, 5) is 46.3. The number of thioether (sulfide) groups is 1. The normalized spacial score (nSPS) is 21.4. The van der Waals surface area contributed by atoms with Crippen LogP contribution in [-0.2, 0) is 9.59 Å². The molecule has 2 saturated heterocycles. The third-order valence-corrected chi connectivity index (χ3v) is 7.01. The van der Waals surface area contributed by atoms with Crippen LogP contribution in [0.2, 0.25) is 0 Å². The van der Waals surface area contributed by atoms with E-state index in [0.717, 1.165) is 25.0 Å². The molecule has 0 saturated carbocycles. The quantitative estimate of drug-likeness (QED) is 0.200. The SMILES string of the molecule is O=C(O)COc1cccc(C(=O)CCCNC(=O)CCCC[C@@H]2SC[C@@H]3NC(=O)N[C@@H]32)c1. The Labute approximate surface area is 191 Å². The van der Waals surface area contributed by atoms with Crippen LogP contribution in [0.1, 0.15) is 48.9 Å². The summed E-state index contributed by atoms with van der Waals surface area (Å²) in [6.45, 7) is -0.0300. The van der Waals surface area contributed by atoms with Crippen LogP contribution in [0.3, 0.4) is 0 Å². The number of ether oxygens (including phenoxy) is 1. The number of hydrogen-bond donors (Lipinski definition) is 4. The molecule has 1 aromatic rings. The Morgan fingerprint density at radius 1 is 1.16 bits per heavy atom. The fraction of sp³-hybridized carbons (Fsp3) is 0.545. The summed E-state index contributed by atoms with van der Waals surface area (Å²) in [6.07, 6.45) is 3.97. The molecule has 32 heavy (non-hydrogen) atoms. The summed E-state index contributed by atoms with van der Waals surface area (Å²) in [5, 5.41) is 17.8. The van der Waals surface area contributed by atoms with Crippen molar-refractivity contribution in [1.29, 1.82) is 0 Å². The van der Waals surface area contributed by atoms with E-state index in [9.17, 15) is 19.2 Å². The molecule has 2 fully saturated rings. The molecule has 0 unspecified atom stereocenters. The molecule has 3 rings (SSSR count). The summed E-state index contributed by atoms with van der Waals surface area (Å²) in [5.74, 6) is 0.0930. The van der Waals surface area contributed by atoms with E-state index in [1.165, 1.54) is 6.07 Å². The van der Waals surface area contributed by atoms with Gasteiger partial charge in [-0.1, -0.05) is 18.6 Å². The van der Waals surface area contributed by atoms with Crippen molar-refractivity contribution in [2.75, 3.05) is 18.9 Å². The zero-order valence-corrected chi connectivity index (χ0v) is 18.6. The Kier molecular flexibility index (Phi) is 8.78. The number of carbonyl (C=O) groups is 4. The second-order valence-corrected chi connectivity index (χ2v) is 9.23. The largest absolute Gasteiger partial charge is 0.482 e. The van der Waals surface area contributed by atoms with E-state index < -0.39 is 12.6 Å². The Hall–Kier alpha value is -2.75. The number of carbonyl (C=O) groups excluding carboxylic acids is 3. The first-order chi connectivity index (χ1) is 15.4. The topological polar surface area (TPSA) is 134 Å². The number of amides is 3. The number of unbranched alkanes of at least 4 members (excludes halogenated alkanes) is 1. The maximum Gasteiger partial charge on any atom is 0.341 e. The molecule has 2 aliphatic heterocycles. The molecule has 1 aromatic carbocycles. The van der Waals surface area contributed by atoms with Crippen LogP contribution in [0.25, 0.3) is 0 Å². The molecule has 0 spiro atoms. The highest BCUT2D eigenvalue weighted by atomic mass is 32.2. The van der Waals surface area contributed by atoms with Gasteiger partial charge in [-0.2, -0.15) is 11.8 Å². The lowest BCUT2D eigenvalue weighted by Gasteiger charge is -2.16. The highest BCUT2D eigenvalue weighted by molar-refractivity contribution is 8.00. The van der Waals surface area contributed by atoms with Gasteiger partial charge in [0.1, 0.15) is 5.75 Å². The molecule has 0 aliphatic carbocycles. The van der Waals surface area contributed by atoms with Gasteiger partial charge in [0.2, 0.25) is 5.91 Å². The maximum absolute atomic E-state index is 12.3. The highest BCUT2D eigenvalue weighted by Crippen LogP contribution is 2.33. The van der Waals surface area contributed by atoms with E-state index in [1.54, 1.807) is 18.2 Å². The predicted molar refractivity (Wildman–Crippen MR) is 120 cm³/mol. The van der Waals surface area contributed by atoms with Crippen molar-refractivity contribution in [3.63, 3.8) is 0 Å². The molecule has 2 heterocycles. The van der Waals surface area contributed by atoms with E-state index in [2.05, 4.69) is 16.0 Å². The lowest BCUT2D eigenvalue weighted by molar-refractivity contribution is -0.139. The highest BCUT2D eigenvalue weighted by Gasteiger charge is 2.42. The van der Waals surface area contributed by atoms with E-state index in [0.29, 0.717) is 35.9 Å². The first kappa shape index (κ1) is 23.9. The third-order valence-electron chi connectivity index (χ3n) is 5.50. The number of fused-ring (bicyclic) bond motifs is 1.